The largest absolute Gasteiger partial charge is 0.453 e. The molecule has 4 atom stereocenters. The van der Waals surface area contributed by atoms with Gasteiger partial charge in [-0.3, -0.25) is 9.36 Å². The second kappa shape index (κ2) is 3.80. The molecule has 92 valence electrons. The first kappa shape index (κ1) is 10.7. The summed E-state index contributed by atoms with van der Waals surface area (Å²) in [6, 6.07) is 1.57. The molecule has 7 heteroatoms. The number of aliphatic hydroxyl groups excluding tert-OH is 1. The highest BCUT2D eigenvalue weighted by molar-refractivity contribution is 5.11. The molecule has 1 N–H and O–H groups in total. The van der Waals surface area contributed by atoms with Crippen molar-refractivity contribution >= 4 is 0 Å². The minimum atomic E-state index is -0.428. The van der Waals surface area contributed by atoms with E-state index in [0.717, 1.165) is 0 Å². The summed E-state index contributed by atoms with van der Waals surface area (Å²) in [6.07, 6.45) is -0.0158. The van der Waals surface area contributed by atoms with E-state index in [1.54, 1.807) is 10.8 Å². The van der Waals surface area contributed by atoms with Crippen LogP contribution in [-0.4, -0.2) is 46.7 Å². The number of methoxy groups -OCH3 is 1. The van der Waals surface area contributed by atoms with Gasteiger partial charge in [0.2, 0.25) is 0 Å². The summed E-state index contributed by atoms with van der Waals surface area (Å²) >= 11 is 0. The van der Waals surface area contributed by atoms with Gasteiger partial charge in [0, 0.05) is 19.4 Å². The van der Waals surface area contributed by atoms with E-state index in [1.165, 1.54) is 13.2 Å². The van der Waals surface area contributed by atoms with E-state index in [9.17, 15) is 9.90 Å². The van der Waals surface area contributed by atoms with Crippen molar-refractivity contribution in [2.45, 2.75) is 24.5 Å². The van der Waals surface area contributed by atoms with E-state index in [4.69, 9.17) is 14.2 Å². The van der Waals surface area contributed by atoms with Crippen LogP contribution in [0, 0.1) is 0 Å². The first-order valence-electron chi connectivity index (χ1n) is 5.29. The number of aromatic nitrogens is 2. The summed E-state index contributed by atoms with van der Waals surface area (Å²) in [5, 5.41) is 9.18. The van der Waals surface area contributed by atoms with E-state index < -0.39 is 12.3 Å². The molecule has 3 rings (SSSR count). The van der Waals surface area contributed by atoms with Crippen molar-refractivity contribution in [1.82, 2.24) is 9.55 Å². The van der Waals surface area contributed by atoms with Crippen molar-refractivity contribution < 1.29 is 19.3 Å². The smallest absolute Gasteiger partial charge is 0.302 e. The van der Waals surface area contributed by atoms with Crippen LogP contribution in [0.1, 0.15) is 6.23 Å². The van der Waals surface area contributed by atoms with E-state index in [-0.39, 0.29) is 30.4 Å². The predicted octanol–water partition coefficient (Wildman–Crippen LogP) is -1.09. The molecule has 3 heterocycles. The Morgan fingerprint density at radius 2 is 2.47 bits per heavy atom. The van der Waals surface area contributed by atoms with Crippen LogP contribution in [0.4, 0.5) is 0 Å². The molecule has 7 nitrogen and oxygen atoms in total. The van der Waals surface area contributed by atoms with Gasteiger partial charge in [-0.1, -0.05) is 0 Å². The van der Waals surface area contributed by atoms with Gasteiger partial charge in [0.1, 0.15) is 12.2 Å². The Balaban J connectivity index is 1.97. The van der Waals surface area contributed by atoms with Crippen LogP contribution >= 0.6 is 0 Å². The van der Waals surface area contributed by atoms with E-state index in [0.29, 0.717) is 0 Å². The summed E-state index contributed by atoms with van der Waals surface area (Å²) in [5.41, 5.74) is -0.358. The molecule has 0 radical (unpaired) electrons. The third-order valence-electron chi connectivity index (χ3n) is 3.06. The summed E-state index contributed by atoms with van der Waals surface area (Å²) in [7, 11) is 1.53. The van der Waals surface area contributed by atoms with Gasteiger partial charge in [0.25, 0.3) is 5.56 Å². The molecule has 0 amide bonds. The van der Waals surface area contributed by atoms with Gasteiger partial charge in [-0.15, -0.1) is 0 Å². The molecule has 1 fully saturated rings. The lowest BCUT2D eigenvalue weighted by Gasteiger charge is -2.17. The summed E-state index contributed by atoms with van der Waals surface area (Å²) in [5.74, 6) is 0. The Kier molecular flexibility index (Phi) is 2.39. The molecule has 1 saturated heterocycles. The zero-order chi connectivity index (χ0) is 12.0. The Bertz CT molecular complexity index is 488. The zero-order valence-electron chi connectivity index (χ0n) is 9.15. The van der Waals surface area contributed by atoms with Crippen molar-refractivity contribution in [3.05, 3.63) is 22.6 Å². The Morgan fingerprint density at radius 3 is 3.18 bits per heavy atom. The van der Waals surface area contributed by atoms with Gasteiger partial charge in [0.05, 0.1) is 6.61 Å². The van der Waals surface area contributed by atoms with Gasteiger partial charge >= 0.3 is 6.01 Å². The van der Waals surface area contributed by atoms with Crippen LogP contribution in [0.15, 0.2) is 17.1 Å². The average molecular weight is 240 g/mol. The molecule has 1 aromatic heterocycles. The van der Waals surface area contributed by atoms with Crippen LogP contribution < -0.4 is 10.3 Å². The van der Waals surface area contributed by atoms with Gasteiger partial charge in [0.15, 0.2) is 12.3 Å². The summed E-state index contributed by atoms with van der Waals surface area (Å²) in [6.45, 7) is -0.141. The number of rotatable bonds is 2. The second-order valence-corrected chi connectivity index (χ2v) is 3.99. The lowest BCUT2D eigenvalue weighted by Crippen LogP contribution is -2.36. The van der Waals surface area contributed by atoms with Crippen LogP contribution in [0.2, 0.25) is 0 Å². The maximum Gasteiger partial charge on any atom is 0.302 e. The molecular weight excluding hydrogens is 228 g/mol. The van der Waals surface area contributed by atoms with Crippen molar-refractivity contribution in [1.29, 1.82) is 0 Å². The Labute approximate surface area is 96.6 Å². The maximum absolute atomic E-state index is 11.1. The summed E-state index contributed by atoms with van der Waals surface area (Å²) < 4.78 is 18.1. The maximum atomic E-state index is 11.1. The monoisotopic (exact) mass is 240 g/mol. The van der Waals surface area contributed by atoms with Gasteiger partial charge < -0.3 is 19.3 Å². The fourth-order valence-corrected chi connectivity index (χ4v) is 2.29. The van der Waals surface area contributed by atoms with Crippen molar-refractivity contribution in [2.24, 2.45) is 0 Å². The lowest BCUT2D eigenvalue weighted by atomic mass is 10.1. The predicted molar refractivity (Wildman–Crippen MR) is 54.7 cm³/mol. The number of ether oxygens (including phenoxy) is 3. The molecule has 0 unspecified atom stereocenters. The van der Waals surface area contributed by atoms with Gasteiger partial charge in [-0.05, 0) is 0 Å². The molecule has 0 bridgehead atoms. The quantitative estimate of drug-likeness (QED) is 0.707. The highest BCUT2D eigenvalue weighted by atomic mass is 16.6. The third kappa shape index (κ3) is 1.47. The van der Waals surface area contributed by atoms with E-state index >= 15 is 0 Å². The molecule has 1 aromatic rings. The second-order valence-electron chi connectivity index (χ2n) is 3.99. The first-order chi connectivity index (χ1) is 8.24. The fourth-order valence-electron chi connectivity index (χ4n) is 2.29. The van der Waals surface area contributed by atoms with E-state index in [1.807, 2.05) is 0 Å². The van der Waals surface area contributed by atoms with Crippen molar-refractivity contribution in [3.8, 4) is 6.01 Å². The number of nitrogens with zero attached hydrogens (tertiary/aromatic N) is 2. The lowest BCUT2D eigenvalue weighted by molar-refractivity contribution is -0.0530. The SMILES string of the molecule is CO[C@H]1[C@@H]2Oc3nc(=O)ccn3[C@@H]2O[C@@H]1CO. The molecular formula is C10H12N2O5. The number of hydrogen-bond donors (Lipinski definition) is 1. The van der Waals surface area contributed by atoms with Crippen molar-refractivity contribution in [2.75, 3.05) is 13.7 Å². The van der Waals surface area contributed by atoms with Crippen molar-refractivity contribution in [3.63, 3.8) is 0 Å². The molecule has 2 aliphatic heterocycles. The molecule has 2 aliphatic rings. The highest BCUT2D eigenvalue weighted by Gasteiger charge is 2.51. The first-order valence-corrected chi connectivity index (χ1v) is 5.29. The normalized spacial score (nSPS) is 34.2. The molecule has 0 spiro atoms. The van der Waals surface area contributed by atoms with E-state index in [2.05, 4.69) is 4.98 Å². The Morgan fingerprint density at radius 1 is 1.65 bits per heavy atom. The van der Waals surface area contributed by atoms with Crippen LogP contribution in [0.25, 0.3) is 0 Å². The molecule has 0 aliphatic carbocycles. The number of fused-ring (bicyclic) bond motifs is 3. The highest BCUT2D eigenvalue weighted by Crippen LogP contribution is 2.39. The van der Waals surface area contributed by atoms with Crippen LogP contribution in [0.5, 0.6) is 6.01 Å². The van der Waals surface area contributed by atoms with Crippen LogP contribution in [-0.2, 0) is 9.47 Å². The molecule has 0 aromatic carbocycles. The Hall–Kier alpha value is -1.44. The van der Waals surface area contributed by atoms with Gasteiger partial charge in [-0.2, -0.15) is 4.98 Å². The van der Waals surface area contributed by atoms with Crippen LogP contribution in [0.3, 0.4) is 0 Å². The fraction of sp³-hybridized carbons (Fsp3) is 0.600. The molecule has 0 saturated carbocycles. The minimum Gasteiger partial charge on any atom is -0.453 e. The summed E-state index contributed by atoms with van der Waals surface area (Å²) in [4.78, 5) is 14.8. The van der Waals surface area contributed by atoms with Gasteiger partial charge in [-0.25, -0.2) is 0 Å². The number of aliphatic hydroxyl groups is 1. The zero-order valence-corrected chi connectivity index (χ0v) is 9.15. The third-order valence-corrected chi connectivity index (χ3v) is 3.06. The standard InChI is InChI=1S/C10H12N2O5/c1-15-7-5(4-13)16-9-8(7)17-10-11-6(14)2-3-12(9)10/h2-3,5,7-9,13H,4H2,1H3/t5-,7-,8+,9-/m1/s1. The minimum absolute atomic E-state index is 0.141. The topological polar surface area (TPSA) is 82.8 Å². The molecule has 17 heavy (non-hydrogen) atoms. The average Bonchev–Trinajstić information content (AvgIpc) is 2.82. The number of hydrogen-bond acceptors (Lipinski definition) is 6.